The van der Waals surface area contributed by atoms with Gasteiger partial charge in [-0.2, -0.15) is 0 Å². The highest BCUT2D eigenvalue weighted by molar-refractivity contribution is 5.91. The van der Waals surface area contributed by atoms with Crippen LogP contribution in [0.1, 0.15) is 41.3 Å². The van der Waals surface area contributed by atoms with Crippen LogP contribution in [0.5, 0.6) is 17.2 Å². The third-order valence-electron chi connectivity index (χ3n) is 3.69. The number of carbonyl (C=O) groups excluding carboxylic acids is 1. The van der Waals surface area contributed by atoms with Gasteiger partial charge in [0.25, 0.3) is 0 Å². The number of esters is 1. The van der Waals surface area contributed by atoms with E-state index in [0.29, 0.717) is 28.7 Å². The molecule has 0 atom stereocenters. The first-order chi connectivity index (χ1) is 11.0. The lowest BCUT2D eigenvalue weighted by Gasteiger charge is -2.12. The van der Waals surface area contributed by atoms with Crippen molar-refractivity contribution < 1.29 is 19.0 Å². The van der Waals surface area contributed by atoms with E-state index < -0.39 is 5.97 Å². The summed E-state index contributed by atoms with van der Waals surface area (Å²) in [6, 6.07) is 10.6. The van der Waals surface area contributed by atoms with Crippen molar-refractivity contribution in [1.82, 2.24) is 0 Å². The molecule has 4 heteroatoms. The molecule has 23 heavy (non-hydrogen) atoms. The van der Waals surface area contributed by atoms with Gasteiger partial charge in [-0.15, -0.1) is 0 Å². The van der Waals surface area contributed by atoms with Crippen LogP contribution in [0.3, 0.4) is 0 Å². The predicted molar refractivity (Wildman–Crippen MR) is 89.8 cm³/mol. The Balaban J connectivity index is 2.20. The van der Waals surface area contributed by atoms with Gasteiger partial charge in [0.05, 0.1) is 19.8 Å². The summed E-state index contributed by atoms with van der Waals surface area (Å²) in [6.07, 6.45) is 0. The van der Waals surface area contributed by atoms with Crippen molar-refractivity contribution in [3.63, 3.8) is 0 Å². The summed E-state index contributed by atoms with van der Waals surface area (Å²) in [7, 11) is 3.08. The molecule has 2 aromatic carbocycles. The quantitative estimate of drug-likeness (QED) is 0.608. The molecule has 0 aliphatic carbocycles. The van der Waals surface area contributed by atoms with Crippen molar-refractivity contribution in [2.75, 3.05) is 14.2 Å². The molecule has 0 bridgehead atoms. The smallest absolute Gasteiger partial charge is 0.343 e. The van der Waals surface area contributed by atoms with E-state index in [0.717, 1.165) is 5.56 Å². The molecule has 0 heterocycles. The summed E-state index contributed by atoms with van der Waals surface area (Å²) in [5.41, 5.74) is 2.77. The average molecular weight is 314 g/mol. The Morgan fingerprint density at radius 2 is 1.65 bits per heavy atom. The van der Waals surface area contributed by atoms with E-state index in [-0.39, 0.29) is 0 Å². The van der Waals surface area contributed by atoms with Gasteiger partial charge in [-0.1, -0.05) is 19.9 Å². The highest BCUT2D eigenvalue weighted by Crippen LogP contribution is 2.28. The van der Waals surface area contributed by atoms with E-state index in [9.17, 15) is 4.79 Å². The lowest BCUT2D eigenvalue weighted by Crippen LogP contribution is -2.09. The van der Waals surface area contributed by atoms with E-state index >= 15 is 0 Å². The third kappa shape index (κ3) is 3.83. The van der Waals surface area contributed by atoms with Gasteiger partial charge in [-0.05, 0) is 54.3 Å². The Morgan fingerprint density at radius 3 is 2.22 bits per heavy atom. The van der Waals surface area contributed by atoms with Gasteiger partial charge in [0, 0.05) is 0 Å². The third-order valence-corrected chi connectivity index (χ3v) is 3.69. The van der Waals surface area contributed by atoms with Crippen molar-refractivity contribution in [2.24, 2.45) is 0 Å². The zero-order chi connectivity index (χ0) is 17.0. The number of ether oxygens (including phenoxy) is 3. The second-order valence-electron chi connectivity index (χ2n) is 5.63. The number of benzene rings is 2. The molecular formula is C19H22O4. The first-order valence-electron chi connectivity index (χ1n) is 7.51. The van der Waals surface area contributed by atoms with Gasteiger partial charge in [-0.3, -0.25) is 0 Å². The summed E-state index contributed by atoms with van der Waals surface area (Å²) in [5.74, 6) is 1.61. The molecule has 4 nitrogen and oxygen atoms in total. The number of carbonyl (C=O) groups is 1. The van der Waals surface area contributed by atoms with E-state index in [1.165, 1.54) is 12.7 Å². The zero-order valence-corrected chi connectivity index (χ0v) is 14.2. The van der Waals surface area contributed by atoms with Gasteiger partial charge < -0.3 is 14.2 Å². The second kappa shape index (κ2) is 7.18. The van der Waals surface area contributed by atoms with Crippen LogP contribution in [-0.4, -0.2) is 20.2 Å². The summed E-state index contributed by atoms with van der Waals surface area (Å²) < 4.78 is 15.8. The minimum absolute atomic E-state index is 0.410. The molecule has 122 valence electrons. The fourth-order valence-electron chi connectivity index (χ4n) is 2.49. The number of hydrogen-bond acceptors (Lipinski definition) is 4. The van der Waals surface area contributed by atoms with Crippen LogP contribution in [0.2, 0.25) is 0 Å². The van der Waals surface area contributed by atoms with Gasteiger partial charge in [0.2, 0.25) is 0 Å². The average Bonchev–Trinajstić information content (AvgIpc) is 2.53. The zero-order valence-electron chi connectivity index (χ0n) is 14.2. The van der Waals surface area contributed by atoms with Gasteiger partial charge >= 0.3 is 5.97 Å². The van der Waals surface area contributed by atoms with Gasteiger partial charge in [0.15, 0.2) is 11.5 Å². The second-order valence-corrected chi connectivity index (χ2v) is 5.63. The number of hydrogen-bond donors (Lipinski definition) is 0. The summed E-state index contributed by atoms with van der Waals surface area (Å²) in [4.78, 5) is 12.3. The van der Waals surface area contributed by atoms with Gasteiger partial charge in [-0.25, -0.2) is 4.79 Å². The summed E-state index contributed by atoms with van der Waals surface area (Å²) in [5, 5.41) is 0. The molecule has 0 amide bonds. The SMILES string of the molecule is COc1ccc(C(=O)Oc2ccc(C(C)C)c(C)c2)cc1OC. The number of rotatable bonds is 5. The van der Waals surface area contributed by atoms with Crippen LogP contribution >= 0.6 is 0 Å². The molecule has 0 radical (unpaired) electrons. The van der Waals surface area contributed by atoms with Crippen LogP contribution in [0.15, 0.2) is 36.4 Å². The molecule has 0 aromatic heterocycles. The Labute approximate surface area is 137 Å². The van der Waals surface area contributed by atoms with Crippen molar-refractivity contribution in [1.29, 1.82) is 0 Å². The maximum Gasteiger partial charge on any atom is 0.343 e. The maximum atomic E-state index is 12.3. The summed E-state index contributed by atoms with van der Waals surface area (Å²) >= 11 is 0. The normalized spacial score (nSPS) is 10.5. The molecule has 0 saturated carbocycles. The Kier molecular flexibility index (Phi) is 5.27. The van der Waals surface area contributed by atoms with Crippen LogP contribution in [0, 0.1) is 6.92 Å². The minimum atomic E-state index is -0.428. The van der Waals surface area contributed by atoms with Crippen LogP contribution in [0.4, 0.5) is 0 Å². The predicted octanol–water partition coefficient (Wildman–Crippen LogP) is 4.35. The molecule has 0 unspecified atom stereocenters. The van der Waals surface area contributed by atoms with E-state index in [4.69, 9.17) is 14.2 Å². The molecule has 0 aliphatic heterocycles. The standard InChI is InChI=1S/C19H22O4/c1-12(2)16-8-7-15(10-13(16)3)23-19(20)14-6-9-17(21-4)18(11-14)22-5/h6-12H,1-5H3. The number of methoxy groups -OCH3 is 2. The highest BCUT2D eigenvalue weighted by atomic mass is 16.5. The Hall–Kier alpha value is -2.49. The lowest BCUT2D eigenvalue weighted by molar-refractivity contribution is 0.0734. The molecule has 0 N–H and O–H groups in total. The van der Waals surface area contributed by atoms with Crippen molar-refractivity contribution >= 4 is 5.97 Å². The van der Waals surface area contributed by atoms with Crippen LogP contribution in [-0.2, 0) is 0 Å². The van der Waals surface area contributed by atoms with Crippen molar-refractivity contribution in [2.45, 2.75) is 26.7 Å². The first-order valence-corrected chi connectivity index (χ1v) is 7.51. The maximum absolute atomic E-state index is 12.3. The van der Waals surface area contributed by atoms with E-state index in [1.807, 2.05) is 25.1 Å². The molecule has 2 aromatic rings. The fourth-order valence-corrected chi connectivity index (χ4v) is 2.49. The van der Waals surface area contributed by atoms with Gasteiger partial charge in [0.1, 0.15) is 5.75 Å². The van der Waals surface area contributed by atoms with E-state index in [2.05, 4.69) is 13.8 Å². The van der Waals surface area contributed by atoms with E-state index in [1.54, 1.807) is 25.3 Å². The topological polar surface area (TPSA) is 44.8 Å². The molecule has 0 saturated heterocycles. The number of aryl methyl sites for hydroxylation is 1. The van der Waals surface area contributed by atoms with Crippen LogP contribution in [0.25, 0.3) is 0 Å². The molecule has 2 rings (SSSR count). The monoisotopic (exact) mass is 314 g/mol. The first kappa shape index (κ1) is 16.9. The van der Waals surface area contributed by atoms with Crippen molar-refractivity contribution in [3.8, 4) is 17.2 Å². The highest BCUT2D eigenvalue weighted by Gasteiger charge is 2.13. The molecule has 0 spiro atoms. The van der Waals surface area contributed by atoms with Crippen LogP contribution < -0.4 is 14.2 Å². The Bertz CT molecular complexity index is 705. The molecular weight excluding hydrogens is 292 g/mol. The molecule has 0 fully saturated rings. The lowest BCUT2D eigenvalue weighted by atomic mass is 9.98. The Morgan fingerprint density at radius 1 is 0.957 bits per heavy atom. The molecule has 0 aliphatic rings. The van der Waals surface area contributed by atoms with Crippen molar-refractivity contribution in [3.05, 3.63) is 53.1 Å². The largest absolute Gasteiger partial charge is 0.493 e. The fraction of sp³-hybridized carbons (Fsp3) is 0.316. The minimum Gasteiger partial charge on any atom is -0.493 e. The summed E-state index contributed by atoms with van der Waals surface area (Å²) in [6.45, 7) is 6.29.